The molecule has 0 aliphatic rings. The van der Waals surface area contributed by atoms with E-state index >= 15 is 0 Å². The lowest BCUT2D eigenvalue weighted by Gasteiger charge is -2.03. The first-order chi connectivity index (χ1) is 11.9. The second kappa shape index (κ2) is 7.11. The van der Waals surface area contributed by atoms with E-state index in [2.05, 4.69) is 26.0 Å². The van der Waals surface area contributed by atoms with Crippen molar-refractivity contribution in [2.45, 2.75) is 6.61 Å². The van der Waals surface area contributed by atoms with Gasteiger partial charge >= 0.3 is 5.97 Å². The molecule has 0 spiro atoms. The Labute approximate surface area is 154 Å². The maximum atomic E-state index is 12.1. The van der Waals surface area contributed by atoms with Crippen LogP contribution >= 0.6 is 27.3 Å². The molecule has 0 bridgehead atoms. The summed E-state index contributed by atoms with van der Waals surface area (Å²) in [6.07, 6.45) is 3.55. The van der Waals surface area contributed by atoms with E-state index in [0.717, 1.165) is 10.6 Å². The van der Waals surface area contributed by atoms with E-state index in [1.54, 1.807) is 16.3 Å². The van der Waals surface area contributed by atoms with Crippen molar-refractivity contribution in [1.82, 2.24) is 14.8 Å². The predicted molar refractivity (Wildman–Crippen MR) is 94.2 cm³/mol. The van der Waals surface area contributed by atoms with Gasteiger partial charge in [-0.05, 0) is 28.1 Å². The highest BCUT2D eigenvalue weighted by molar-refractivity contribution is 9.10. The summed E-state index contributed by atoms with van der Waals surface area (Å²) in [6.45, 7) is -0.0144. The van der Waals surface area contributed by atoms with Crippen LogP contribution in [0.15, 0.2) is 40.4 Å². The molecule has 0 radical (unpaired) electrons. The number of ether oxygens (including phenoxy) is 1. The van der Waals surface area contributed by atoms with Crippen molar-refractivity contribution in [2.75, 3.05) is 0 Å². The molecule has 10 heteroatoms. The summed E-state index contributed by atoms with van der Waals surface area (Å²) in [7, 11) is 1.82. The lowest BCUT2D eigenvalue weighted by molar-refractivity contribution is -0.385. The Bertz CT molecular complexity index is 953. The highest BCUT2D eigenvalue weighted by Gasteiger charge is 2.17. The minimum absolute atomic E-state index is 0.0144. The first-order valence-corrected chi connectivity index (χ1v) is 8.66. The summed E-state index contributed by atoms with van der Waals surface area (Å²) in [6, 6.07) is 4.08. The molecule has 0 fully saturated rings. The van der Waals surface area contributed by atoms with Crippen LogP contribution in [0.25, 0.3) is 10.6 Å². The zero-order valence-corrected chi connectivity index (χ0v) is 15.3. The number of nitro benzene ring substituents is 1. The van der Waals surface area contributed by atoms with Gasteiger partial charge in [-0.2, -0.15) is 5.10 Å². The third-order valence-corrected chi connectivity index (χ3v) is 4.84. The molecule has 0 saturated carbocycles. The summed E-state index contributed by atoms with van der Waals surface area (Å²) in [4.78, 5) is 26.8. The SMILES string of the molecule is Cn1cc(-c2nc(COC(=O)c3ccc(Br)c([N+](=O)[O-])c3)cs2)cn1. The van der Waals surface area contributed by atoms with Gasteiger partial charge in [-0.25, -0.2) is 9.78 Å². The highest BCUT2D eigenvalue weighted by atomic mass is 79.9. The Morgan fingerprint density at radius 1 is 1.48 bits per heavy atom. The molecule has 2 aromatic heterocycles. The average molecular weight is 423 g/mol. The van der Waals surface area contributed by atoms with Gasteiger partial charge < -0.3 is 4.74 Å². The summed E-state index contributed by atoms with van der Waals surface area (Å²) >= 11 is 4.49. The second-order valence-electron chi connectivity index (χ2n) is 5.05. The number of nitrogens with zero attached hydrogens (tertiary/aromatic N) is 4. The number of aryl methyl sites for hydroxylation is 1. The largest absolute Gasteiger partial charge is 0.456 e. The van der Waals surface area contributed by atoms with Crippen LogP contribution in [-0.4, -0.2) is 25.7 Å². The van der Waals surface area contributed by atoms with Gasteiger partial charge in [0.15, 0.2) is 0 Å². The Kier molecular flexibility index (Phi) is 4.91. The van der Waals surface area contributed by atoms with E-state index in [1.807, 2.05) is 13.2 Å². The monoisotopic (exact) mass is 422 g/mol. The molecule has 0 atom stereocenters. The van der Waals surface area contributed by atoms with E-state index in [4.69, 9.17) is 4.74 Å². The Morgan fingerprint density at radius 2 is 2.28 bits per heavy atom. The first-order valence-electron chi connectivity index (χ1n) is 6.98. The maximum absolute atomic E-state index is 12.1. The summed E-state index contributed by atoms with van der Waals surface area (Å²) in [5.41, 5.74) is 1.40. The molecule has 0 amide bonds. The van der Waals surface area contributed by atoms with Crippen LogP contribution in [-0.2, 0) is 18.4 Å². The third-order valence-electron chi connectivity index (χ3n) is 3.23. The number of hydrogen-bond acceptors (Lipinski definition) is 7. The van der Waals surface area contributed by atoms with Gasteiger partial charge in [-0.15, -0.1) is 11.3 Å². The molecule has 3 aromatic rings. The molecule has 0 saturated heterocycles. The third kappa shape index (κ3) is 3.91. The van der Waals surface area contributed by atoms with Gasteiger partial charge in [0.25, 0.3) is 5.69 Å². The van der Waals surface area contributed by atoms with Crippen molar-refractivity contribution in [1.29, 1.82) is 0 Å². The summed E-state index contributed by atoms with van der Waals surface area (Å²) < 4.78 is 7.17. The fourth-order valence-corrected chi connectivity index (χ4v) is 3.21. The fraction of sp³-hybridized carbons (Fsp3) is 0.133. The summed E-state index contributed by atoms with van der Waals surface area (Å²) in [5, 5.41) is 17.6. The maximum Gasteiger partial charge on any atom is 0.338 e. The van der Waals surface area contributed by atoms with Crippen molar-refractivity contribution in [3.8, 4) is 10.6 Å². The van der Waals surface area contributed by atoms with E-state index in [1.165, 1.54) is 29.5 Å². The molecule has 0 aliphatic carbocycles. The number of rotatable bonds is 5. The van der Waals surface area contributed by atoms with Crippen LogP contribution in [0.2, 0.25) is 0 Å². The van der Waals surface area contributed by atoms with Crippen LogP contribution < -0.4 is 0 Å². The zero-order chi connectivity index (χ0) is 18.0. The van der Waals surface area contributed by atoms with Crippen molar-refractivity contribution in [2.24, 2.45) is 7.05 Å². The number of carbonyl (C=O) groups is 1. The van der Waals surface area contributed by atoms with E-state index < -0.39 is 10.9 Å². The number of benzene rings is 1. The van der Waals surface area contributed by atoms with Crippen LogP contribution in [0, 0.1) is 10.1 Å². The predicted octanol–water partition coefficient (Wildman–Crippen LogP) is 3.57. The first kappa shape index (κ1) is 17.2. The highest BCUT2D eigenvalue weighted by Crippen LogP contribution is 2.26. The molecule has 1 aromatic carbocycles. The average Bonchev–Trinajstić information content (AvgIpc) is 3.21. The molecule has 25 heavy (non-hydrogen) atoms. The second-order valence-corrected chi connectivity index (χ2v) is 6.76. The van der Waals surface area contributed by atoms with E-state index in [-0.39, 0.29) is 17.9 Å². The number of nitro groups is 1. The fourth-order valence-electron chi connectivity index (χ4n) is 2.04. The van der Waals surface area contributed by atoms with E-state index in [0.29, 0.717) is 10.2 Å². The smallest absolute Gasteiger partial charge is 0.338 e. The van der Waals surface area contributed by atoms with Crippen molar-refractivity contribution in [3.05, 3.63) is 61.8 Å². The molecule has 8 nitrogen and oxygen atoms in total. The standard InChI is InChI=1S/C15H11BrN4O4S/c1-19-6-10(5-17-19)14-18-11(8-25-14)7-24-15(21)9-2-3-12(16)13(4-9)20(22)23/h2-6,8H,7H2,1H3. The van der Waals surface area contributed by atoms with Crippen molar-refractivity contribution < 1.29 is 14.5 Å². The Hall–Kier alpha value is -2.59. The van der Waals surface area contributed by atoms with Crippen LogP contribution in [0.4, 0.5) is 5.69 Å². The molecule has 128 valence electrons. The molecular weight excluding hydrogens is 412 g/mol. The lowest BCUT2D eigenvalue weighted by Crippen LogP contribution is -2.06. The zero-order valence-electron chi connectivity index (χ0n) is 12.9. The van der Waals surface area contributed by atoms with Gasteiger partial charge in [-0.3, -0.25) is 14.8 Å². The Balaban J connectivity index is 1.68. The van der Waals surface area contributed by atoms with Gasteiger partial charge in [0.05, 0.1) is 26.9 Å². The van der Waals surface area contributed by atoms with Crippen LogP contribution in [0.5, 0.6) is 0 Å². The minimum Gasteiger partial charge on any atom is -0.456 e. The number of aromatic nitrogens is 3. The van der Waals surface area contributed by atoms with Gasteiger partial charge in [0, 0.05) is 30.3 Å². The van der Waals surface area contributed by atoms with E-state index in [9.17, 15) is 14.9 Å². The number of halogens is 1. The molecule has 2 heterocycles. The lowest BCUT2D eigenvalue weighted by atomic mass is 10.2. The van der Waals surface area contributed by atoms with Gasteiger partial charge in [-0.1, -0.05) is 0 Å². The molecular formula is C15H11BrN4O4S. The van der Waals surface area contributed by atoms with Crippen molar-refractivity contribution in [3.63, 3.8) is 0 Å². The number of esters is 1. The van der Waals surface area contributed by atoms with Gasteiger partial charge in [0.1, 0.15) is 11.6 Å². The number of hydrogen-bond donors (Lipinski definition) is 0. The molecule has 3 rings (SSSR count). The van der Waals surface area contributed by atoms with Crippen LogP contribution in [0.3, 0.4) is 0 Å². The molecule has 0 unspecified atom stereocenters. The normalized spacial score (nSPS) is 10.6. The Morgan fingerprint density at radius 3 is 2.96 bits per heavy atom. The molecule has 0 aliphatic heterocycles. The quantitative estimate of drug-likeness (QED) is 0.353. The summed E-state index contributed by atoms with van der Waals surface area (Å²) in [5.74, 6) is -0.647. The number of carbonyl (C=O) groups excluding carboxylic acids is 1. The van der Waals surface area contributed by atoms with Crippen molar-refractivity contribution >= 4 is 38.9 Å². The topological polar surface area (TPSA) is 100 Å². The molecule has 0 N–H and O–H groups in total. The van der Waals surface area contributed by atoms with Crippen LogP contribution in [0.1, 0.15) is 16.1 Å². The minimum atomic E-state index is -0.647. The number of thiazole rings is 1. The van der Waals surface area contributed by atoms with Gasteiger partial charge in [0.2, 0.25) is 0 Å².